The molecule has 1 heterocycles. The second-order valence-corrected chi connectivity index (χ2v) is 4.97. The number of carboxylic acid groups (broad SMARTS) is 1. The summed E-state index contributed by atoms with van der Waals surface area (Å²) in [6.07, 6.45) is 1.58. The third-order valence-electron chi connectivity index (χ3n) is 3.51. The van der Waals surface area contributed by atoms with Crippen LogP contribution in [0.15, 0.2) is 60.7 Å². The molecule has 3 nitrogen and oxygen atoms in total. The van der Waals surface area contributed by atoms with E-state index in [4.69, 9.17) is 0 Å². The highest BCUT2D eigenvalue weighted by molar-refractivity contribution is 6.02. The van der Waals surface area contributed by atoms with Gasteiger partial charge in [-0.2, -0.15) is 0 Å². The Hall–Kier alpha value is -2.68. The van der Waals surface area contributed by atoms with Crippen LogP contribution in [-0.4, -0.2) is 16.1 Å². The number of rotatable bonds is 4. The molecule has 0 saturated heterocycles. The standard InChI is InChI=1S/C18H15NO2.2C2H6/c20-18(21)16-12-14(11-10-13-6-2-1-3-7-13)19-17-9-5-4-8-15(16)17;2*1-2/h1-9,12H,10-11H2,(H,20,21);2*1-2H3. The predicted molar refractivity (Wildman–Crippen MR) is 105 cm³/mol. The van der Waals surface area contributed by atoms with Crippen molar-refractivity contribution in [2.24, 2.45) is 0 Å². The zero-order chi connectivity index (χ0) is 18.7. The van der Waals surface area contributed by atoms with E-state index >= 15 is 0 Å². The Morgan fingerprint density at radius 3 is 2.12 bits per heavy atom. The maximum atomic E-state index is 11.4. The van der Waals surface area contributed by atoms with Crippen molar-refractivity contribution in [2.45, 2.75) is 40.5 Å². The van der Waals surface area contributed by atoms with Crippen molar-refractivity contribution < 1.29 is 9.90 Å². The minimum atomic E-state index is -0.908. The lowest BCUT2D eigenvalue weighted by atomic mass is 10.0. The topological polar surface area (TPSA) is 50.2 Å². The maximum absolute atomic E-state index is 11.4. The normalized spacial score (nSPS) is 9.44. The second kappa shape index (κ2) is 11.0. The summed E-state index contributed by atoms with van der Waals surface area (Å²) < 4.78 is 0. The van der Waals surface area contributed by atoms with Gasteiger partial charge in [-0.1, -0.05) is 76.2 Å². The molecule has 3 aromatic rings. The van der Waals surface area contributed by atoms with Gasteiger partial charge in [0.05, 0.1) is 11.1 Å². The quantitative estimate of drug-likeness (QED) is 0.657. The number of para-hydroxylation sites is 1. The fourth-order valence-electron chi connectivity index (χ4n) is 2.45. The number of fused-ring (bicyclic) bond motifs is 1. The molecule has 2 aromatic carbocycles. The van der Waals surface area contributed by atoms with Crippen LogP contribution in [0.3, 0.4) is 0 Å². The molecule has 0 aliphatic heterocycles. The van der Waals surface area contributed by atoms with Crippen molar-refractivity contribution in [3.63, 3.8) is 0 Å². The van der Waals surface area contributed by atoms with Gasteiger partial charge in [-0.15, -0.1) is 0 Å². The molecule has 0 bridgehead atoms. The first-order valence-corrected chi connectivity index (χ1v) is 8.90. The third kappa shape index (κ3) is 5.71. The summed E-state index contributed by atoms with van der Waals surface area (Å²) in [5.41, 5.74) is 3.10. The number of carboxylic acids is 1. The number of aromatic nitrogens is 1. The van der Waals surface area contributed by atoms with Gasteiger partial charge in [0.1, 0.15) is 0 Å². The first-order valence-electron chi connectivity index (χ1n) is 8.90. The van der Waals surface area contributed by atoms with Crippen molar-refractivity contribution in [3.8, 4) is 0 Å². The van der Waals surface area contributed by atoms with Crippen molar-refractivity contribution in [1.82, 2.24) is 4.98 Å². The summed E-state index contributed by atoms with van der Waals surface area (Å²) in [6.45, 7) is 8.00. The van der Waals surface area contributed by atoms with E-state index in [1.165, 1.54) is 5.56 Å². The van der Waals surface area contributed by atoms with Gasteiger partial charge in [0, 0.05) is 11.1 Å². The summed E-state index contributed by atoms with van der Waals surface area (Å²) >= 11 is 0. The minimum absolute atomic E-state index is 0.323. The average molecular weight is 337 g/mol. The van der Waals surface area contributed by atoms with Gasteiger partial charge in [0.25, 0.3) is 0 Å². The van der Waals surface area contributed by atoms with Crippen LogP contribution >= 0.6 is 0 Å². The summed E-state index contributed by atoms with van der Waals surface area (Å²) in [5, 5.41) is 10.1. The number of hydrogen-bond donors (Lipinski definition) is 1. The van der Waals surface area contributed by atoms with Crippen LogP contribution in [0.4, 0.5) is 0 Å². The highest BCUT2D eigenvalue weighted by atomic mass is 16.4. The Morgan fingerprint density at radius 2 is 1.48 bits per heavy atom. The van der Waals surface area contributed by atoms with E-state index < -0.39 is 5.97 Å². The Balaban J connectivity index is 0.000000730. The second-order valence-electron chi connectivity index (χ2n) is 4.97. The van der Waals surface area contributed by atoms with E-state index in [1.54, 1.807) is 12.1 Å². The molecule has 0 unspecified atom stereocenters. The molecule has 0 spiro atoms. The van der Waals surface area contributed by atoms with Crippen molar-refractivity contribution in [2.75, 3.05) is 0 Å². The summed E-state index contributed by atoms with van der Waals surface area (Å²) in [6, 6.07) is 19.2. The van der Waals surface area contributed by atoms with Gasteiger partial charge in [-0.3, -0.25) is 4.98 Å². The molecule has 0 radical (unpaired) electrons. The van der Waals surface area contributed by atoms with Crippen LogP contribution in [0.2, 0.25) is 0 Å². The van der Waals surface area contributed by atoms with Gasteiger partial charge < -0.3 is 5.11 Å². The summed E-state index contributed by atoms with van der Waals surface area (Å²) in [5.74, 6) is -0.908. The number of pyridine rings is 1. The molecule has 1 N–H and O–H groups in total. The van der Waals surface area contributed by atoms with E-state index in [9.17, 15) is 9.90 Å². The third-order valence-corrected chi connectivity index (χ3v) is 3.51. The Morgan fingerprint density at radius 1 is 0.880 bits per heavy atom. The number of carbonyl (C=O) groups is 1. The number of aryl methyl sites for hydroxylation is 2. The minimum Gasteiger partial charge on any atom is -0.478 e. The largest absolute Gasteiger partial charge is 0.478 e. The molecule has 1 aromatic heterocycles. The Bertz CT molecular complexity index is 782. The van der Waals surface area contributed by atoms with E-state index in [-0.39, 0.29) is 0 Å². The molecular weight excluding hydrogens is 310 g/mol. The van der Waals surface area contributed by atoms with Gasteiger partial charge in [0.15, 0.2) is 0 Å². The molecule has 25 heavy (non-hydrogen) atoms. The van der Waals surface area contributed by atoms with Crippen LogP contribution < -0.4 is 0 Å². The van der Waals surface area contributed by atoms with E-state index in [2.05, 4.69) is 17.1 Å². The van der Waals surface area contributed by atoms with Crippen LogP contribution in [0, 0.1) is 0 Å². The van der Waals surface area contributed by atoms with E-state index in [0.29, 0.717) is 10.9 Å². The SMILES string of the molecule is CC.CC.O=C(O)c1cc(CCc2ccccc2)nc2ccccc12. The van der Waals surface area contributed by atoms with Gasteiger partial charge in [-0.05, 0) is 30.5 Å². The Kier molecular flexibility index (Phi) is 8.94. The number of benzene rings is 2. The zero-order valence-corrected chi connectivity index (χ0v) is 15.5. The molecule has 3 rings (SSSR count). The molecule has 0 fully saturated rings. The number of hydrogen-bond acceptors (Lipinski definition) is 2. The van der Waals surface area contributed by atoms with Crippen LogP contribution in [0.5, 0.6) is 0 Å². The molecule has 0 atom stereocenters. The van der Waals surface area contributed by atoms with Gasteiger partial charge >= 0.3 is 5.97 Å². The van der Waals surface area contributed by atoms with Crippen LogP contribution in [0.1, 0.15) is 49.3 Å². The lowest BCUT2D eigenvalue weighted by Crippen LogP contribution is -2.03. The number of nitrogens with zero attached hydrogens (tertiary/aromatic N) is 1. The van der Waals surface area contributed by atoms with Gasteiger partial charge in [0.2, 0.25) is 0 Å². The lowest BCUT2D eigenvalue weighted by Gasteiger charge is -2.07. The fourth-order valence-corrected chi connectivity index (χ4v) is 2.45. The highest BCUT2D eigenvalue weighted by Crippen LogP contribution is 2.19. The van der Waals surface area contributed by atoms with Crippen LogP contribution in [-0.2, 0) is 12.8 Å². The summed E-state index contributed by atoms with van der Waals surface area (Å²) in [7, 11) is 0. The Labute approximate surface area is 150 Å². The predicted octanol–water partition coefficient (Wildman–Crippen LogP) is 5.77. The molecule has 0 aliphatic carbocycles. The van der Waals surface area contributed by atoms with Crippen molar-refractivity contribution >= 4 is 16.9 Å². The maximum Gasteiger partial charge on any atom is 0.336 e. The van der Waals surface area contributed by atoms with Gasteiger partial charge in [-0.25, -0.2) is 4.79 Å². The van der Waals surface area contributed by atoms with E-state index in [0.717, 1.165) is 24.1 Å². The summed E-state index contributed by atoms with van der Waals surface area (Å²) in [4.78, 5) is 16.0. The van der Waals surface area contributed by atoms with Crippen LogP contribution in [0.25, 0.3) is 10.9 Å². The smallest absolute Gasteiger partial charge is 0.336 e. The first-order chi connectivity index (χ1) is 12.2. The van der Waals surface area contributed by atoms with Crippen molar-refractivity contribution in [1.29, 1.82) is 0 Å². The zero-order valence-electron chi connectivity index (χ0n) is 15.5. The monoisotopic (exact) mass is 337 g/mol. The molecule has 0 saturated carbocycles. The molecular formula is C22H27NO2. The number of aromatic carboxylic acids is 1. The molecule has 3 heteroatoms. The first kappa shape index (κ1) is 20.4. The fraction of sp³-hybridized carbons (Fsp3) is 0.273. The molecule has 0 amide bonds. The molecule has 132 valence electrons. The lowest BCUT2D eigenvalue weighted by molar-refractivity contribution is 0.0699. The molecule has 0 aliphatic rings. The van der Waals surface area contributed by atoms with E-state index in [1.807, 2.05) is 64.1 Å². The van der Waals surface area contributed by atoms with Crippen molar-refractivity contribution in [3.05, 3.63) is 77.5 Å². The highest BCUT2D eigenvalue weighted by Gasteiger charge is 2.11. The average Bonchev–Trinajstić information content (AvgIpc) is 2.69.